The van der Waals surface area contributed by atoms with E-state index in [1.165, 1.54) is 14.2 Å². The van der Waals surface area contributed by atoms with Crippen LogP contribution in [0.1, 0.15) is 23.6 Å². The van der Waals surface area contributed by atoms with Gasteiger partial charge in [-0.2, -0.15) is 0 Å². The second-order valence-corrected chi connectivity index (χ2v) is 6.44. The summed E-state index contributed by atoms with van der Waals surface area (Å²) in [4.78, 5) is 23.5. The van der Waals surface area contributed by atoms with Crippen molar-refractivity contribution in [2.75, 3.05) is 20.8 Å². The minimum Gasteiger partial charge on any atom is -0.493 e. The molecule has 0 saturated carbocycles. The molecule has 7 nitrogen and oxygen atoms in total. The number of halogens is 1. The highest BCUT2D eigenvalue weighted by Gasteiger charge is 2.20. The highest BCUT2D eigenvalue weighted by molar-refractivity contribution is 6.31. The Morgan fingerprint density at radius 3 is 2.43 bits per heavy atom. The smallest absolute Gasteiger partial charge is 0.305 e. The highest BCUT2D eigenvalue weighted by atomic mass is 35.5. The number of amides is 1. The van der Waals surface area contributed by atoms with Gasteiger partial charge < -0.3 is 24.6 Å². The van der Waals surface area contributed by atoms with E-state index in [0.29, 0.717) is 27.8 Å². The molecule has 0 saturated heterocycles. The zero-order valence-electron chi connectivity index (χ0n) is 15.8. The third-order valence-electron chi connectivity index (χ3n) is 4.02. The van der Waals surface area contributed by atoms with Crippen LogP contribution in [0.3, 0.4) is 0 Å². The molecule has 0 fully saturated rings. The molecule has 1 atom stereocenters. The Morgan fingerprint density at radius 2 is 1.82 bits per heavy atom. The molecule has 2 aromatic rings. The standard InChI is InChI=1S/C20H22ClNO6/c1-12-8-14(5-6-15(12)21)28-11-19(23)22-16(10-20(24)25)13-4-7-17(26-2)18(9-13)27-3/h4-9,16H,10-11H2,1-3H3,(H,22,23)(H,24,25)/t16-/m1/s1. The summed E-state index contributed by atoms with van der Waals surface area (Å²) in [5, 5.41) is 12.5. The van der Waals surface area contributed by atoms with Crippen LogP contribution in [-0.2, 0) is 9.59 Å². The number of carbonyl (C=O) groups excluding carboxylic acids is 1. The van der Waals surface area contributed by atoms with Crippen LogP contribution in [0.15, 0.2) is 36.4 Å². The van der Waals surface area contributed by atoms with Crippen molar-refractivity contribution in [1.82, 2.24) is 5.32 Å². The Kier molecular flexibility index (Phi) is 7.52. The molecule has 2 N–H and O–H groups in total. The van der Waals surface area contributed by atoms with Crippen molar-refractivity contribution in [2.45, 2.75) is 19.4 Å². The largest absolute Gasteiger partial charge is 0.493 e. The van der Waals surface area contributed by atoms with Crippen LogP contribution in [0.4, 0.5) is 0 Å². The average molecular weight is 408 g/mol. The number of hydrogen-bond donors (Lipinski definition) is 2. The minimum absolute atomic E-state index is 0.259. The molecule has 0 aromatic heterocycles. The fourth-order valence-corrected chi connectivity index (χ4v) is 2.71. The van der Waals surface area contributed by atoms with E-state index in [0.717, 1.165) is 5.56 Å². The molecule has 0 heterocycles. The number of carbonyl (C=O) groups is 2. The number of methoxy groups -OCH3 is 2. The molecule has 0 unspecified atom stereocenters. The van der Waals surface area contributed by atoms with Gasteiger partial charge in [0.25, 0.3) is 5.91 Å². The van der Waals surface area contributed by atoms with Crippen LogP contribution in [0, 0.1) is 6.92 Å². The van der Waals surface area contributed by atoms with Gasteiger partial charge in [-0.25, -0.2) is 0 Å². The van der Waals surface area contributed by atoms with Gasteiger partial charge in [-0.1, -0.05) is 17.7 Å². The van der Waals surface area contributed by atoms with Gasteiger partial charge in [0.2, 0.25) is 0 Å². The molecule has 0 aliphatic rings. The zero-order chi connectivity index (χ0) is 20.7. The third-order valence-corrected chi connectivity index (χ3v) is 4.45. The molecule has 2 rings (SSSR count). The molecule has 0 radical (unpaired) electrons. The van der Waals surface area contributed by atoms with Crippen molar-refractivity contribution >= 4 is 23.5 Å². The van der Waals surface area contributed by atoms with E-state index >= 15 is 0 Å². The Labute approximate surface area is 168 Å². The number of benzene rings is 2. The fourth-order valence-electron chi connectivity index (χ4n) is 2.59. The van der Waals surface area contributed by atoms with Crippen LogP contribution < -0.4 is 19.5 Å². The molecule has 28 heavy (non-hydrogen) atoms. The summed E-state index contributed by atoms with van der Waals surface area (Å²) in [5.74, 6) is -0.0495. The monoisotopic (exact) mass is 407 g/mol. The van der Waals surface area contributed by atoms with Crippen molar-refractivity contribution in [3.8, 4) is 17.2 Å². The molecule has 0 aliphatic carbocycles. The molecular formula is C20H22ClNO6. The maximum atomic E-state index is 12.3. The lowest BCUT2D eigenvalue weighted by Crippen LogP contribution is -2.33. The van der Waals surface area contributed by atoms with Crippen LogP contribution >= 0.6 is 11.6 Å². The first-order valence-electron chi connectivity index (χ1n) is 8.46. The zero-order valence-corrected chi connectivity index (χ0v) is 16.6. The number of aliphatic carboxylic acids is 1. The van der Waals surface area contributed by atoms with Gasteiger partial charge in [0.05, 0.1) is 26.7 Å². The number of rotatable bonds is 9. The summed E-state index contributed by atoms with van der Waals surface area (Å²) in [6.07, 6.45) is -0.290. The van der Waals surface area contributed by atoms with Crippen molar-refractivity contribution < 1.29 is 28.9 Å². The molecule has 8 heteroatoms. The topological polar surface area (TPSA) is 94.1 Å². The second-order valence-electron chi connectivity index (χ2n) is 6.03. The minimum atomic E-state index is -1.05. The summed E-state index contributed by atoms with van der Waals surface area (Å²) in [7, 11) is 2.98. The van der Waals surface area contributed by atoms with Crippen molar-refractivity contribution in [3.63, 3.8) is 0 Å². The Hall–Kier alpha value is -2.93. The van der Waals surface area contributed by atoms with Gasteiger partial charge in [-0.3, -0.25) is 9.59 Å². The summed E-state index contributed by atoms with van der Waals surface area (Å²) < 4.78 is 15.9. The lowest BCUT2D eigenvalue weighted by atomic mass is 10.0. The van der Waals surface area contributed by atoms with E-state index in [4.69, 9.17) is 25.8 Å². The first-order valence-corrected chi connectivity index (χ1v) is 8.84. The van der Waals surface area contributed by atoms with Crippen molar-refractivity contribution in [3.05, 3.63) is 52.5 Å². The predicted octanol–water partition coefficient (Wildman–Crippen LogP) is 3.38. The van der Waals surface area contributed by atoms with E-state index < -0.39 is 17.9 Å². The predicted molar refractivity (Wildman–Crippen MR) is 104 cm³/mol. The van der Waals surface area contributed by atoms with E-state index in [1.807, 2.05) is 6.92 Å². The van der Waals surface area contributed by atoms with Gasteiger partial charge >= 0.3 is 5.97 Å². The quantitative estimate of drug-likeness (QED) is 0.661. The maximum absolute atomic E-state index is 12.3. The number of carboxylic acids is 1. The normalized spacial score (nSPS) is 11.4. The SMILES string of the molecule is COc1ccc([C@@H](CC(=O)O)NC(=O)COc2ccc(Cl)c(C)c2)cc1OC. The van der Waals surface area contributed by atoms with E-state index in [1.54, 1.807) is 36.4 Å². The van der Waals surface area contributed by atoms with Crippen LogP contribution in [-0.4, -0.2) is 37.8 Å². The van der Waals surface area contributed by atoms with Gasteiger partial charge in [0.1, 0.15) is 5.75 Å². The maximum Gasteiger partial charge on any atom is 0.305 e. The van der Waals surface area contributed by atoms with E-state index in [2.05, 4.69) is 5.32 Å². The Bertz CT molecular complexity index is 855. The second kappa shape index (κ2) is 9.85. The van der Waals surface area contributed by atoms with Crippen molar-refractivity contribution in [1.29, 1.82) is 0 Å². The Morgan fingerprint density at radius 1 is 1.11 bits per heavy atom. The lowest BCUT2D eigenvalue weighted by molar-refractivity contribution is -0.137. The highest BCUT2D eigenvalue weighted by Crippen LogP contribution is 2.31. The van der Waals surface area contributed by atoms with Crippen LogP contribution in [0.2, 0.25) is 5.02 Å². The molecule has 2 aromatic carbocycles. The van der Waals surface area contributed by atoms with E-state index in [9.17, 15) is 14.7 Å². The van der Waals surface area contributed by atoms with Gasteiger partial charge in [-0.05, 0) is 48.4 Å². The van der Waals surface area contributed by atoms with E-state index in [-0.39, 0.29) is 13.0 Å². The molecule has 0 spiro atoms. The first-order chi connectivity index (χ1) is 13.3. The average Bonchev–Trinajstić information content (AvgIpc) is 2.67. The summed E-state index contributed by atoms with van der Waals surface area (Å²) in [6.45, 7) is 1.57. The summed E-state index contributed by atoms with van der Waals surface area (Å²) >= 11 is 5.97. The number of carboxylic acid groups (broad SMARTS) is 1. The number of nitrogens with one attached hydrogen (secondary N) is 1. The van der Waals surface area contributed by atoms with Gasteiger partial charge in [-0.15, -0.1) is 0 Å². The molecule has 1 amide bonds. The molecular weight excluding hydrogens is 386 g/mol. The van der Waals surface area contributed by atoms with Gasteiger partial charge in [0.15, 0.2) is 18.1 Å². The molecule has 150 valence electrons. The Balaban J connectivity index is 2.09. The number of ether oxygens (including phenoxy) is 3. The molecule has 0 aliphatic heterocycles. The summed E-state index contributed by atoms with van der Waals surface area (Å²) in [6, 6.07) is 9.28. The first kappa shape index (κ1) is 21.4. The van der Waals surface area contributed by atoms with Crippen LogP contribution in [0.25, 0.3) is 0 Å². The van der Waals surface area contributed by atoms with Crippen LogP contribution in [0.5, 0.6) is 17.2 Å². The number of aryl methyl sites for hydroxylation is 1. The third kappa shape index (κ3) is 5.79. The van der Waals surface area contributed by atoms with Crippen molar-refractivity contribution in [2.24, 2.45) is 0 Å². The lowest BCUT2D eigenvalue weighted by Gasteiger charge is -2.19. The number of hydrogen-bond acceptors (Lipinski definition) is 5. The summed E-state index contributed by atoms with van der Waals surface area (Å²) in [5.41, 5.74) is 1.41. The fraction of sp³-hybridized carbons (Fsp3) is 0.300. The molecule has 0 bridgehead atoms. The van der Waals surface area contributed by atoms with Gasteiger partial charge in [0, 0.05) is 5.02 Å².